The SMILES string of the molecule is Clc1ccc(OCc2[nH]nc3ncccc23)cc1. The maximum absolute atomic E-state index is 5.81. The van der Waals surface area contributed by atoms with Crippen LogP contribution < -0.4 is 4.74 Å². The second kappa shape index (κ2) is 4.66. The topological polar surface area (TPSA) is 50.8 Å². The maximum Gasteiger partial charge on any atom is 0.181 e. The molecule has 0 atom stereocenters. The molecule has 1 N–H and O–H groups in total. The molecule has 0 aliphatic carbocycles. The number of H-pyrrole nitrogens is 1. The van der Waals surface area contributed by atoms with E-state index in [-0.39, 0.29) is 0 Å². The Morgan fingerprint density at radius 2 is 2.00 bits per heavy atom. The van der Waals surface area contributed by atoms with Crippen LogP contribution in [-0.2, 0) is 6.61 Å². The van der Waals surface area contributed by atoms with Gasteiger partial charge in [0, 0.05) is 16.6 Å². The molecule has 0 spiro atoms. The summed E-state index contributed by atoms with van der Waals surface area (Å²) in [5.74, 6) is 0.769. The second-order valence-corrected chi connectivity index (χ2v) is 4.26. The quantitative estimate of drug-likeness (QED) is 0.786. The third kappa shape index (κ3) is 2.15. The van der Waals surface area contributed by atoms with Crippen molar-refractivity contribution < 1.29 is 4.74 Å². The molecule has 2 heterocycles. The Morgan fingerprint density at radius 1 is 1.17 bits per heavy atom. The molecule has 1 aromatic carbocycles. The van der Waals surface area contributed by atoms with Gasteiger partial charge in [0.25, 0.3) is 0 Å². The summed E-state index contributed by atoms with van der Waals surface area (Å²) in [5.41, 5.74) is 1.61. The van der Waals surface area contributed by atoms with Gasteiger partial charge in [-0.05, 0) is 36.4 Å². The summed E-state index contributed by atoms with van der Waals surface area (Å²) in [5, 5.41) is 8.71. The van der Waals surface area contributed by atoms with Crippen LogP contribution in [0, 0.1) is 0 Å². The molecule has 5 heteroatoms. The highest BCUT2D eigenvalue weighted by Crippen LogP contribution is 2.18. The third-order valence-corrected chi connectivity index (χ3v) is 2.86. The Labute approximate surface area is 109 Å². The van der Waals surface area contributed by atoms with Gasteiger partial charge < -0.3 is 4.74 Å². The van der Waals surface area contributed by atoms with E-state index in [4.69, 9.17) is 16.3 Å². The Morgan fingerprint density at radius 3 is 2.83 bits per heavy atom. The molecular weight excluding hydrogens is 250 g/mol. The van der Waals surface area contributed by atoms with Crippen molar-refractivity contribution in [3.8, 4) is 5.75 Å². The lowest BCUT2D eigenvalue weighted by molar-refractivity contribution is 0.302. The standard InChI is InChI=1S/C13H10ClN3O/c14-9-3-5-10(6-4-9)18-8-12-11-2-1-7-15-13(11)17-16-12/h1-7H,8H2,(H,15,16,17). The van der Waals surface area contributed by atoms with Crippen molar-refractivity contribution in [2.24, 2.45) is 0 Å². The first kappa shape index (κ1) is 11.0. The lowest BCUT2D eigenvalue weighted by atomic mass is 10.3. The number of pyridine rings is 1. The smallest absolute Gasteiger partial charge is 0.181 e. The zero-order chi connectivity index (χ0) is 12.4. The van der Waals surface area contributed by atoms with Crippen LogP contribution in [0.1, 0.15) is 5.69 Å². The molecule has 0 saturated heterocycles. The van der Waals surface area contributed by atoms with Crippen LogP contribution in [-0.4, -0.2) is 15.2 Å². The van der Waals surface area contributed by atoms with Gasteiger partial charge in [0.2, 0.25) is 0 Å². The number of hydrogen-bond donors (Lipinski definition) is 1. The van der Waals surface area contributed by atoms with Crippen molar-refractivity contribution in [3.63, 3.8) is 0 Å². The summed E-state index contributed by atoms with van der Waals surface area (Å²) in [6.07, 6.45) is 1.72. The molecule has 2 aromatic heterocycles. The zero-order valence-electron chi connectivity index (χ0n) is 9.43. The van der Waals surface area contributed by atoms with Gasteiger partial charge >= 0.3 is 0 Å². The van der Waals surface area contributed by atoms with Gasteiger partial charge in [-0.25, -0.2) is 4.98 Å². The van der Waals surface area contributed by atoms with Crippen LogP contribution in [0.3, 0.4) is 0 Å². The first-order valence-corrected chi connectivity index (χ1v) is 5.87. The first-order valence-electron chi connectivity index (χ1n) is 5.49. The van der Waals surface area contributed by atoms with Gasteiger partial charge in [-0.15, -0.1) is 0 Å². The molecular formula is C13H10ClN3O. The Bertz CT molecular complexity index is 663. The number of aromatic nitrogens is 3. The number of rotatable bonds is 3. The van der Waals surface area contributed by atoms with Crippen molar-refractivity contribution in [2.75, 3.05) is 0 Å². The van der Waals surface area contributed by atoms with Gasteiger partial charge in [0.1, 0.15) is 12.4 Å². The highest BCUT2D eigenvalue weighted by molar-refractivity contribution is 6.30. The number of halogens is 1. The van der Waals surface area contributed by atoms with Crippen molar-refractivity contribution in [2.45, 2.75) is 6.61 Å². The molecule has 3 rings (SSSR count). The fourth-order valence-electron chi connectivity index (χ4n) is 1.70. The van der Waals surface area contributed by atoms with Gasteiger partial charge in [-0.3, -0.25) is 5.10 Å². The molecule has 0 saturated carbocycles. The van der Waals surface area contributed by atoms with E-state index in [2.05, 4.69) is 15.2 Å². The predicted molar refractivity (Wildman–Crippen MR) is 69.7 cm³/mol. The minimum absolute atomic E-state index is 0.420. The Hall–Kier alpha value is -2.07. The number of hydrogen-bond acceptors (Lipinski definition) is 3. The van der Waals surface area contributed by atoms with E-state index in [1.54, 1.807) is 18.3 Å². The molecule has 0 unspecified atom stereocenters. The molecule has 3 aromatic rings. The number of benzene rings is 1. The lowest BCUT2D eigenvalue weighted by Gasteiger charge is -2.04. The number of aromatic amines is 1. The molecule has 18 heavy (non-hydrogen) atoms. The van der Waals surface area contributed by atoms with Crippen molar-refractivity contribution in [3.05, 3.63) is 53.3 Å². The van der Waals surface area contributed by atoms with Crippen LogP contribution in [0.5, 0.6) is 5.75 Å². The second-order valence-electron chi connectivity index (χ2n) is 3.82. The monoisotopic (exact) mass is 259 g/mol. The first-order chi connectivity index (χ1) is 8.83. The molecule has 4 nitrogen and oxygen atoms in total. The number of fused-ring (bicyclic) bond motifs is 1. The highest BCUT2D eigenvalue weighted by Gasteiger charge is 2.05. The Kier molecular flexibility index (Phi) is 2.86. The summed E-state index contributed by atoms with van der Waals surface area (Å²) < 4.78 is 5.66. The van der Waals surface area contributed by atoms with Crippen LogP contribution in [0.4, 0.5) is 0 Å². The van der Waals surface area contributed by atoms with E-state index in [0.717, 1.165) is 16.8 Å². The van der Waals surface area contributed by atoms with Crippen LogP contribution in [0.25, 0.3) is 11.0 Å². The average Bonchev–Trinajstić information content (AvgIpc) is 2.82. The van der Waals surface area contributed by atoms with Gasteiger partial charge in [-0.1, -0.05) is 11.6 Å². The molecule has 0 bridgehead atoms. The molecule has 0 radical (unpaired) electrons. The minimum Gasteiger partial charge on any atom is -0.487 e. The fourth-order valence-corrected chi connectivity index (χ4v) is 1.82. The summed E-state index contributed by atoms with van der Waals surface area (Å²) in [7, 11) is 0. The van der Waals surface area contributed by atoms with Gasteiger partial charge in [0.15, 0.2) is 5.65 Å². The summed E-state index contributed by atoms with van der Waals surface area (Å²) >= 11 is 5.81. The highest BCUT2D eigenvalue weighted by atomic mass is 35.5. The average molecular weight is 260 g/mol. The van der Waals surface area contributed by atoms with E-state index in [1.165, 1.54) is 0 Å². The van der Waals surface area contributed by atoms with Crippen LogP contribution >= 0.6 is 11.6 Å². The number of nitrogens with zero attached hydrogens (tertiary/aromatic N) is 2. The van der Waals surface area contributed by atoms with Crippen LogP contribution in [0.2, 0.25) is 5.02 Å². The number of nitrogens with one attached hydrogen (secondary N) is 1. The van der Waals surface area contributed by atoms with Crippen molar-refractivity contribution in [1.29, 1.82) is 0 Å². The largest absolute Gasteiger partial charge is 0.487 e. The lowest BCUT2D eigenvalue weighted by Crippen LogP contribution is -1.96. The molecule has 0 fully saturated rings. The van der Waals surface area contributed by atoms with E-state index in [1.807, 2.05) is 24.3 Å². The molecule has 90 valence electrons. The van der Waals surface area contributed by atoms with E-state index >= 15 is 0 Å². The van der Waals surface area contributed by atoms with E-state index < -0.39 is 0 Å². The Balaban J connectivity index is 1.79. The third-order valence-electron chi connectivity index (χ3n) is 2.61. The predicted octanol–water partition coefficient (Wildman–Crippen LogP) is 3.19. The van der Waals surface area contributed by atoms with Gasteiger partial charge in [0.05, 0.1) is 5.69 Å². The fraction of sp³-hybridized carbons (Fsp3) is 0.0769. The summed E-state index contributed by atoms with van der Waals surface area (Å²) in [4.78, 5) is 4.15. The van der Waals surface area contributed by atoms with Gasteiger partial charge in [-0.2, -0.15) is 5.10 Å². The van der Waals surface area contributed by atoms with Crippen molar-refractivity contribution >= 4 is 22.6 Å². The molecule has 0 amide bonds. The normalized spacial score (nSPS) is 10.7. The van der Waals surface area contributed by atoms with E-state index in [0.29, 0.717) is 17.3 Å². The zero-order valence-corrected chi connectivity index (χ0v) is 10.2. The maximum atomic E-state index is 5.81. The minimum atomic E-state index is 0.420. The number of ether oxygens (including phenoxy) is 1. The van der Waals surface area contributed by atoms with Crippen molar-refractivity contribution in [1.82, 2.24) is 15.2 Å². The summed E-state index contributed by atoms with van der Waals surface area (Å²) in [6.45, 7) is 0.420. The molecule has 0 aliphatic heterocycles. The molecule has 0 aliphatic rings. The summed E-state index contributed by atoms with van der Waals surface area (Å²) in [6, 6.07) is 11.1. The van der Waals surface area contributed by atoms with E-state index in [9.17, 15) is 0 Å². The van der Waals surface area contributed by atoms with Crippen LogP contribution in [0.15, 0.2) is 42.6 Å².